The molecular weight excluding hydrogens is 1000 g/mol. The predicted molar refractivity (Wildman–Crippen MR) is 280 cm³/mol. The molecule has 2 aromatic heterocycles. The third-order valence-electron chi connectivity index (χ3n) is 12.6. The van der Waals surface area contributed by atoms with Crippen LogP contribution < -0.4 is 5.32 Å². The molecule has 0 radical (unpaired) electrons. The summed E-state index contributed by atoms with van der Waals surface area (Å²) in [6.07, 6.45) is 3.93. The molecule has 0 atom stereocenters. The number of aromatic hydroxyl groups is 1. The number of pyridine rings is 1. The molecule has 0 spiro atoms. The van der Waals surface area contributed by atoms with Gasteiger partial charge in [0.05, 0.1) is 22.3 Å². The van der Waals surface area contributed by atoms with Crippen molar-refractivity contribution in [1.29, 1.82) is 0 Å². The minimum absolute atomic E-state index is 0. The van der Waals surface area contributed by atoms with E-state index in [4.69, 9.17) is 9.97 Å². The van der Waals surface area contributed by atoms with Gasteiger partial charge in [0.2, 0.25) is 0 Å². The fraction of sp³-hybridized carbons (Fsp3) is 0.279. The summed E-state index contributed by atoms with van der Waals surface area (Å²) in [5, 5.41) is 16.0. The van der Waals surface area contributed by atoms with E-state index in [1.54, 1.807) is 0 Å². The molecule has 2 heterocycles. The molecule has 67 heavy (non-hydrogen) atoms. The number of rotatable bonds is 8. The first kappa shape index (κ1) is 48.9. The van der Waals surface area contributed by atoms with Crippen LogP contribution in [0.5, 0.6) is 5.75 Å². The van der Waals surface area contributed by atoms with Crippen LogP contribution in [0.3, 0.4) is 0 Å². The van der Waals surface area contributed by atoms with E-state index in [2.05, 4.69) is 221 Å². The van der Waals surface area contributed by atoms with E-state index in [1.807, 2.05) is 30.6 Å². The minimum atomic E-state index is -0.331. The molecule has 346 valence electrons. The van der Waals surface area contributed by atoms with Crippen molar-refractivity contribution in [3.8, 4) is 56.3 Å². The average Bonchev–Trinajstić information content (AvgIpc) is 3.66. The predicted octanol–water partition coefficient (Wildman–Crippen LogP) is 16.3. The molecule has 0 aliphatic rings. The number of fused-ring (bicyclic) bond motifs is 1. The molecule has 0 aliphatic carbocycles. The molecule has 8 rings (SSSR count). The number of allylic oxidation sites excluding steroid dienone is 1. The Balaban J connectivity index is 0.00000666. The van der Waals surface area contributed by atoms with Crippen LogP contribution in [0, 0.1) is 6.07 Å². The van der Waals surface area contributed by atoms with Crippen LogP contribution in [0.4, 0.5) is 5.69 Å². The topological polar surface area (TPSA) is 63.0 Å². The van der Waals surface area contributed by atoms with E-state index in [0.29, 0.717) is 11.4 Å². The van der Waals surface area contributed by atoms with Crippen molar-refractivity contribution in [2.45, 2.75) is 112 Å². The quantitative estimate of drug-likeness (QED) is 0.149. The Hall–Kier alpha value is -6.03. The van der Waals surface area contributed by atoms with Crippen molar-refractivity contribution < 1.29 is 26.2 Å². The fourth-order valence-electron chi connectivity index (χ4n) is 8.52. The maximum absolute atomic E-state index is 12.6. The van der Waals surface area contributed by atoms with Crippen molar-refractivity contribution in [3.05, 3.63) is 180 Å². The Morgan fingerprint density at radius 2 is 1.21 bits per heavy atom. The second kappa shape index (κ2) is 18.6. The Morgan fingerprint density at radius 3 is 1.85 bits per heavy atom. The van der Waals surface area contributed by atoms with Crippen LogP contribution in [0.2, 0.25) is 0 Å². The number of nitrogens with zero attached hydrogens (tertiary/aromatic N) is 3. The molecule has 0 aliphatic heterocycles. The van der Waals surface area contributed by atoms with Crippen molar-refractivity contribution in [1.82, 2.24) is 14.5 Å². The Morgan fingerprint density at radius 1 is 0.597 bits per heavy atom. The van der Waals surface area contributed by atoms with Gasteiger partial charge in [0, 0.05) is 56.0 Å². The van der Waals surface area contributed by atoms with Crippen LogP contribution in [-0.2, 0) is 42.7 Å². The number of para-hydroxylation sites is 2. The van der Waals surface area contributed by atoms with Gasteiger partial charge in [0.15, 0.2) is 0 Å². The summed E-state index contributed by atoms with van der Waals surface area (Å²) in [4.78, 5) is 10.6. The Labute approximate surface area is 413 Å². The zero-order valence-corrected chi connectivity index (χ0v) is 43.7. The molecule has 5 nitrogen and oxygen atoms in total. The van der Waals surface area contributed by atoms with Crippen LogP contribution in [0.1, 0.15) is 118 Å². The number of hydrogen-bond donors (Lipinski definition) is 2. The van der Waals surface area contributed by atoms with E-state index in [9.17, 15) is 5.11 Å². The van der Waals surface area contributed by atoms with Gasteiger partial charge in [0.25, 0.3) is 0 Å². The first-order chi connectivity index (χ1) is 31.1. The molecule has 6 aromatic carbocycles. The second-order valence-electron chi connectivity index (χ2n) is 21.9. The summed E-state index contributed by atoms with van der Waals surface area (Å²) in [6.45, 7) is 28.8. The molecule has 8 aromatic rings. The summed E-state index contributed by atoms with van der Waals surface area (Å²) in [7, 11) is 0. The zero-order valence-electron chi connectivity index (χ0n) is 41.5. The van der Waals surface area contributed by atoms with E-state index in [1.165, 1.54) is 11.1 Å². The van der Waals surface area contributed by atoms with Crippen molar-refractivity contribution in [2.24, 2.45) is 0 Å². The summed E-state index contributed by atoms with van der Waals surface area (Å²) in [5.74, 6) is 0.930. The summed E-state index contributed by atoms with van der Waals surface area (Å²) < 4.78 is 2.28. The molecule has 2 N–H and O–H groups in total. The molecular formula is C61H65N4OPt-. The number of nitrogens with one attached hydrogen (secondary N) is 1. The van der Waals surface area contributed by atoms with Gasteiger partial charge in [-0.2, -0.15) is 0 Å². The normalized spacial score (nSPS) is 12.6. The molecule has 0 fully saturated rings. The first-order valence-electron chi connectivity index (χ1n) is 23.2. The molecule has 0 saturated heterocycles. The maximum Gasteiger partial charge on any atom is 0.148 e. The monoisotopic (exact) mass is 1060 g/mol. The minimum Gasteiger partial charge on any atom is -0.507 e. The Kier molecular flexibility index (Phi) is 13.6. The number of phenolic OH excluding ortho intramolecular Hbond substituents is 1. The molecule has 0 unspecified atom stereocenters. The number of benzene rings is 6. The van der Waals surface area contributed by atoms with Crippen LogP contribution >= 0.6 is 0 Å². The Bertz CT molecular complexity index is 3100. The number of anilines is 1. The maximum atomic E-state index is 12.6. The smallest absolute Gasteiger partial charge is 0.148 e. The number of imidazole rings is 1. The van der Waals surface area contributed by atoms with Gasteiger partial charge in [-0.15, -0.1) is 29.3 Å². The van der Waals surface area contributed by atoms with E-state index in [-0.39, 0.29) is 48.5 Å². The summed E-state index contributed by atoms with van der Waals surface area (Å²) in [6, 6.07) is 51.0. The SMILES string of the molecule is C/C(=C/Nc1ccccc1)c1ccnc(-c2[c-]c(-c3cccc4c3nc(-c3cc(C(C)(C)C)cc(C(C)(C)C)c3O)n4-c3ccc(C(C)(C)C)cc3-c3ccccc3)cc(C(C)(C)C)c2)c1.[Pt]. The van der Waals surface area contributed by atoms with Gasteiger partial charge >= 0.3 is 0 Å². The van der Waals surface area contributed by atoms with Crippen molar-refractivity contribution in [3.63, 3.8) is 0 Å². The third kappa shape index (κ3) is 10.3. The largest absolute Gasteiger partial charge is 0.507 e. The summed E-state index contributed by atoms with van der Waals surface area (Å²) >= 11 is 0. The van der Waals surface area contributed by atoms with Gasteiger partial charge in [-0.1, -0.05) is 173 Å². The average molecular weight is 1070 g/mol. The number of phenols is 1. The fourth-order valence-corrected chi connectivity index (χ4v) is 8.52. The van der Waals surface area contributed by atoms with E-state index < -0.39 is 0 Å². The first-order valence-corrected chi connectivity index (χ1v) is 23.2. The van der Waals surface area contributed by atoms with Crippen molar-refractivity contribution in [2.75, 3.05) is 5.32 Å². The molecule has 0 saturated carbocycles. The molecule has 0 bridgehead atoms. The van der Waals surface area contributed by atoms with E-state index >= 15 is 0 Å². The zero-order chi connectivity index (χ0) is 47.3. The van der Waals surface area contributed by atoms with Crippen molar-refractivity contribution >= 4 is 22.3 Å². The van der Waals surface area contributed by atoms with Crippen LogP contribution in [0.25, 0.3) is 67.2 Å². The number of aromatic nitrogens is 3. The molecule has 6 heteroatoms. The standard InChI is InChI=1S/C61H65N4O.Pt/c1-39(38-63-47-23-18-15-19-24-47)41-29-30-62-52(34-41)43-31-42(32-45(33-43)59(5,6)7)48-25-20-26-54-55(48)64-57(50-36-46(60(8,9)10)37-51(56(50)66)61(11,12)13)65(54)53-28-27-44(58(2,3)4)35-49(53)40-21-16-14-17-22-40;/h14-30,32-38,63,66H,1-13H3;/q-1;/b39-38-;. The van der Waals surface area contributed by atoms with E-state index in [0.717, 1.165) is 78.2 Å². The van der Waals surface area contributed by atoms with Crippen LogP contribution in [0.15, 0.2) is 146 Å². The second-order valence-corrected chi connectivity index (χ2v) is 21.9. The van der Waals surface area contributed by atoms with Gasteiger partial charge in [-0.25, -0.2) is 4.98 Å². The van der Waals surface area contributed by atoms with Gasteiger partial charge in [-0.05, 0) is 98.9 Å². The van der Waals surface area contributed by atoms with Gasteiger partial charge in [0.1, 0.15) is 11.6 Å². The number of hydrogen-bond acceptors (Lipinski definition) is 4. The van der Waals surface area contributed by atoms with Crippen LogP contribution in [-0.4, -0.2) is 19.6 Å². The summed E-state index contributed by atoms with van der Waals surface area (Å²) in [5.41, 5.74) is 16.1. The van der Waals surface area contributed by atoms with Gasteiger partial charge < -0.3 is 10.4 Å². The van der Waals surface area contributed by atoms with Gasteiger partial charge in [-0.3, -0.25) is 9.55 Å². The third-order valence-corrected chi connectivity index (χ3v) is 12.6. The molecule has 0 amide bonds.